The Morgan fingerprint density at radius 3 is 2.32 bits per heavy atom. The zero-order chi connectivity index (χ0) is 23.7. The third-order valence-electron chi connectivity index (χ3n) is 7.02. The van der Waals surface area contributed by atoms with Gasteiger partial charge in [-0.1, -0.05) is 0 Å². The molecule has 1 aliphatic heterocycles. The molecule has 5 nitrogen and oxygen atoms in total. The fourth-order valence-electron chi connectivity index (χ4n) is 6.18. The zero-order valence-corrected chi connectivity index (χ0v) is 22.8. The molecule has 2 aliphatic carbocycles. The maximum absolute atomic E-state index is 13.6. The van der Waals surface area contributed by atoms with Crippen molar-refractivity contribution in [1.29, 1.82) is 0 Å². The van der Waals surface area contributed by atoms with Crippen LogP contribution in [0.5, 0.6) is 0 Å². The van der Waals surface area contributed by atoms with E-state index in [4.69, 9.17) is 14.6 Å². The summed E-state index contributed by atoms with van der Waals surface area (Å²) in [6.45, 7) is 15.2. The molecule has 0 amide bonds. The molecule has 0 aromatic heterocycles. The van der Waals surface area contributed by atoms with E-state index in [9.17, 15) is 9.59 Å². The van der Waals surface area contributed by atoms with E-state index >= 15 is 0 Å². The van der Waals surface area contributed by atoms with Gasteiger partial charge >= 0.3 is 204 Å². The molecular formula is C25H44O5Xe. The van der Waals surface area contributed by atoms with Crippen molar-refractivity contribution < 1.29 is 68.4 Å². The molecule has 7 unspecified atom stereocenters. The summed E-state index contributed by atoms with van der Waals surface area (Å²) >= 11 is 0.0559. The van der Waals surface area contributed by atoms with Crippen molar-refractivity contribution in [3.05, 3.63) is 0 Å². The van der Waals surface area contributed by atoms with Gasteiger partial charge in [0.1, 0.15) is 0 Å². The number of hydrogen-bond donors (Lipinski definition) is 1. The molecule has 1 heterocycles. The van der Waals surface area contributed by atoms with Gasteiger partial charge < -0.3 is 5.11 Å². The van der Waals surface area contributed by atoms with Gasteiger partial charge in [-0.3, -0.25) is 0 Å². The summed E-state index contributed by atoms with van der Waals surface area (Å²) in [6.07, 6.45) is 6.99. The maximum atomic E-state index is 13.6. The number of esters is 1. The summed E-state index contributed by atoms with van der Waals surface area (Å²) in [5.74, 6) is 1.12. The second-order valence-electron chi connectivity index (χ2n) is 11.3. The van der Waals surface area contributed by atoms with E-state index in [0.717, 1.165) is 58.3 Å². The predicted octanol–water partition coefficient (Wildman–Crippen LogP) is 5.36. The number of aldehydes is 1. The fourth-order valence-corrected chi connectivity index (χ4v) is 9.63. The largest absolute Gasteiger partial charge is 0.400 e. The molecule has 2 bridgehead atoms. The molecule has 1 N–H and O–H groups in total. The van der Waals surface area contributed by atoms with Gasteiger partial charge in [0.2, 0.25) is 0 Å². The second kappa shape index (κ2) is 10.5. The quantitative estimate of drug-likeness (QED) is 0.338. The maximum Gasteiger partial charge on any atom is 0.0319 e. The Morgan fingerprint density at radius 2 is 1.84 bits per heavy atom. The summed E-state index contributed by atoms with van der Waals surface area (Å²) in [5, 5.41) is 7.00. The van der Waals surface area contributed by atoms with Crippen molar-refractivity contribution in [2.45, 2.75) is 111 Å². The first-order valence-corrected chi connectivity index (χ1v) is 14.0. The van der Waals surface area contributed by atoms with Crippen LogP contribution in [0.4, 0.5) is 0 Å². The fraction of sp³-hybridized carbons (Fsp3) is 0.920. The van der Waals surface area contributed by atoms with Crippen LogP contribution in [0.2, 0.25) is 0.269 Å². The number of rotatable bonds is 7. The molecule has 3 rings (SSSR count). The minimum Gasteiger partial charge on any atom is -0.400 e. The first-order valence-electron chi connectivity index (χ1n) is 11.8. The van der Waals surface area contributed by atoms with Crippen molar-refractivity contribution in [3.63, 3.8) is 0 Å². The normalized spacial score (nSPS) is 40.5. The van der Waals surface area contributed by atoms with Gasteiger partial charge in [-0.25, -0.2) is 0 Å². The van der Waals surface area contributed by atoms with E-state index in [1.54, 1.807) is 0 Å². The number of ether oxygens (including phenoxy) is 2. The van der Waals surface area contributed by atoms with Crippen LogP contribution in [0, 0.1) is 61.4 Å². The van der Waals surface area contributed by atoms with E-state index in [0.29, 0.717) is 12.2 Å². The van der Waals surface area contributed by atoms with Crippen molar-refractivity contribution in [1.82, 2.24) is 0 Å². The Balaban J connectivity index is 0.00000166. The van der Waals surface area contributed by atoms with Crippen LogP contribution < -0.4 is 0 Å². The summed E-state index contributed by atoms with van der Waals surface area (Å²) in [5.41, 5.74) is -0.659. The van der Waals surface area contributed by atoms with Crippen LogP contribution in [-0.2, 0) is 19.1 Å². The summed E-state index contributed by atoms with van der Waals surface area (Å²) < 4.78 is 13.1. The summed E-state index contributed by atoms with van der Waals surface area (Å²) in [7, 11) is 1.00. The molecule has 0 aromatic carbocycles. The number of carbonyl (C=O) groups excluding carboxylic acids is 2. The van der Waals surface area contributed by atoms with Crippen LogP contribution in [0.25, 0.3) is 0 Å². The van der Waals surface area contributed by atoms with Crippen LogP contribution >= 0.6 is 0 Å². The van der Waals surface area contributed by atoms with E-state index in [1.165, 1.54) is 0 Å². The molecule has 31 heavy (non-hydrogen) atoms. The molecule has 2 saturated carbocycles. The first kappa shape index (κ1) is 27.9. The zero-order valence-electron chi connectivity index (χ0n) is 20.8. The van der Waals surface area contributed by atoms with E-state index in [1.807, 2.05) is 6.92 Å². The third-order valence-corrected chi connectivity index (χ3v) is 10.9. The van der Waals surface area contributed by atoms with Crippen molar-refractivity contribution in [2.24, 2.45) is 17.3 Å². The van der Waals surface area contributed by atoms with Crippen LogP contribution in [-0.4, -0.2) is 41.8 Å². The topological polar surface area (TPSA) is 72.8 Å². The van der Waals surface area contributed by atoms with Gasteiger partial charge in [-0.2, -0.15) is 0 Å². The molecule has 1 saturated heterocycles. The van der Waals surface area contributed by atoms with Gasteiger partial charge in [0, 0.05) is 7.11 Å². The molecule has 7 atom stereocenters. The molecule has 6 heteroatoms. The SMILES string of the molecule is CCC1(OC(C)C=O)CC2CC(C)CC(OC(=O)C3(CC(C)(C)C)[Xe]C3C)(C2)C1.CO. The van der Waals surface area contributed by atoms with Crippen LogP contribution in [0.1, 0.15) is 93.4 Å². The average molecular weight is 556 g/mol. The first-order chi connectivity index (χ1) is 14.4. The van der Waals surface area contributed by atoms with Crippen molar-refractivity contribution in [2.75, 3.05) is 7.11 Å². The molecule has 0 radical (unpaired) electrons. The number of aliphatic hydroxyl groups is 1. The second-order valence-corrected chi connectivity index (χ2v) is 15.5. The Hall–Kier alpha value is 0.631. The van der Waals surface area contributed by atoms with Gasteiger partial charge in [0.15, 0.2) is 0 Å². The Bertz CT molecular complexity index is 642. The standard InChI is InChI=1S/C24H40O4Xe.CH4O/c1-8-22(27-17(3)13-25)11-19-9-16(2)10-23(12-19,15-22)28-20(26)24(18(4)29-24)14-21(5,6)7;1-2/h13,16-19H,8-12,14-15H2,1-7H3;2H,1H3. The molecule has 0 spiro atoms. The molecule has 182 valence electrons. The minimum atomic E-state index is -0.427. The minimum absolute atomic E-state index is 0.0559. The number of fused-ring (bicyclic) bond motifs is 2. The van der Waals surface area contributed by atoms with Crippen molar-refractivity contribution in [3.8, 4) is 0 Å². The number of aliphatic hydroxyl groups excluding tert-OH is 1. The Kier molecular flexibility index (Phi) is 9.43. The predicted molar refractivity (Wildman–Crippen MR) is 119 cm³/mol. The third kappa shape index (κ3) is 6.61. The molecule has 3 aliphatic rings. The van der Waals surface area contributed by atoms with Gasteiger partial charge in [-0.15, -0.1) is 0 Å². The van der Waals surface area contributed by atoms with Gasteiger partial charge in [0.05, 0.1) is 0 Å². The van der Waals surface area contributed by atoms with Gasteiger partial charge in [0.25, 0.3) is 0 Å². The smallest absolute Gasteiger partial charge is 0.0319 e. The van der Waals surface area contributed by atoms with Crippen molar-refractivity contribution >= 4 is 12.3 Å². The Morgan fingerprint density at radius 1 is 1.23 bits per heavy atom. The van der Waals surface area contributed by atoms with Crippen LogP contribution in [0.3, 0.4) is 0 Å². The van der Waals surface area contributed by atoms with E-state index < -0.39 is 11.7 Å². The Labute approximate surface area is 214 Å². The number of carbonyl (C=O) groups is 2. The summed E-state index contributed by atoms with van der Waals surface area (Å²) in [6, 6.07) is 0. The molecule has 0 aromatic rings. The average Bonchev–Trinajstić information content (AvgIpc) is 3.30. The monoisotopic (exact) mass is 556 g/mol. The van der Waals surface area contributed by atoms with Gasteiger partial charge in [-0.05, 0) is 0 Å². The van der Waals surface area contributed by atoms with E-state index in [2.05, 4.69) is 41.5 Å². The van der Waals surface area contributed by atoms with Crippen LogP contribution in [0.15, 0.2) is 0 Å². The number of hydrogen-bond acceptors (Lipinski definition) is 5. The molecular weight excluding hydrogens is 512 g/mol. The molecule has 3 fully saturated rings. The summed E-state index contributed by atoms with van der Waals surface area (Å²) in [4.78, 5) is 24.9. The van der Waals surface area contributed by atoms with E-state index in [-0.39, 0.29) is 61.1 Å².